The van der Waals surface area contributed by atoms with Crippen LogP contribution in [0.15, 0.2) is 93.4 Å². The zero-order valence-corrected chi connectivity index (χ0v) is 39.2. The van der Waals surface area contributed by atoms with Crippen LogP contribution in [0.1, 0.15) is 84.1 Å². The molecule has 1 fully saturated rings. The van der Waals surface area contributed by atoms with Crippen molar-refractivity contribution in [3.05, 3.63) is 151 Å². The number of carbonyl (C=O) groups is 1. The molecule has 10 rings (SSSR count). The van der Waals surface area contributed by atoms with Crippen molar-refractivity contribution >= 4 is 16.8 Å². The molecule has 3 aromatic carbocycles. The van der Waals surface area contributed by atoms with Gasteiger partial charge in [-0.05, 0) is 130 Å². The van der Waals surface area contributed by atoms with Gasteiger partial charge in [0, 0.05) is 59.8 Å². The van der Waals surface area contributed by atoms with E-state index >= 15 is 9.18 Å². The van der Waals surface area contributed by atoms with Crippen LogP contribution in [0.3, 0.4) is 0 Å². The lowest BCUT2D eigenvalue weighted by molar-refractivity contribution is 0.0390. The zero-order valence-electron chi connectivity index (χ0n) is 39.2. The van der Waals surface area contributed by atoms with Crippen molar-refractivity contribution in [2.45, 2.75) is 85.4 Å². The monoisotopic (exact) mass is 921 g/mol. The van der Waals surface area contributed by atoms with E-state index in [1.54, 1.807) is 80.0 Å². The third-order valence-corrected chi connectivity index (χ3v) is 13.7. The summed E-state index contributed by atoms with van der Waals surface area (Å²) < 4.78 is 38.5. The molecule has 8 aromatic rings. The van der Waals surface area contributed by atoms with E-state index in [1.165, 1.54) is 16.2 Å². The van der Waals surface area contributed by atoms with Gasteiger partial charge in [0.05, 0.1) is 37.3 Å². The highest BCUT2D eigenvalue weighted by Crippen LogP contribution is 2.56. The first-order valence-corrected chi connectivity index (χ1v) is 22.7. The topological polar surface area (TPSA) is 180 Å². The molecule has 0 spiro atoms. The van der Waals surface area contributed by atoms with Gasteiger partial charge in [-0.15, -0.1) is 0 Å². The number of nitrogens with one attached hydrogen (secondary N) is 1. The van der Waals surface area contributed by atoms with Crippen LogP contribution in [0.4, 0.5) is 4.39 Å². The summed E-state index contributed by atoms with van der Waals surface area (Å²) >= 11 is 0. The van der Waals surface area contributed by atoms with Crippen LogP contribution < -0.4 is 20.9 Å². The molecule has 16 nitrogen and oxygen atoms in total. The number of carbonyl (C=O) groups excluding carboxylic acids is 1. The molecule has 5 aromatic heterocycles. The van der Waals surface area contributed by atoms with Crippen LogP contribution in [0.25, 0.3) is 39.2 Å². The molecule has 0 unspecified atom stereocenters. The summed E-state index contributed by atoms with van der Waals surface area (Å²) in [4.78, 5) is 51.7. The maximum absolute atomic E-state index is 15.4. The number of aryl methyl sites for hydroxylation is 3. The summed E-state index contributed by atoms with van der Waals surface area (Å²) in [5.41, 5.74) is 6.35. The van der Waals surface area contributed by atoms with Crippen LogP contribution >= 0.6 is 0 Å². The molecule has 1 saturated carbocycles. The lowest BCUT2D eigenvalue weighted by Gasteiger charge is -2.29. The number of amides is 1. The standard InChI is InChI=1S/C51H52FN9O7/c1-9-38-31(5)36(14-16-53-38)32-10-12-40-33(22-32)23-41(60(40)51(25-30(51)4)47-54-48(64)68-56-47)46(63)57-17-15-39-37(26-57)45(61(55-39)35-20-28(2)44(52)29(3)21-35)59-19-18-58(49(59)65)34-11-13-42(43(24-34)66-8)67-50(6,7)27-62/h10-14,16,18-24,30,62H,9,15,17,25-27H2,1-8H3,(H,54,56,64)/t30-,51-/m0/s1. The van der Waals surface area contributed by atoms with Gasteiger partial charge in [-0.2, -0.15) is 5.10 Å². The van der Waals surface area contributed by atoms with Crippen LogP contribution in [-0.4, -0.2) is 80.4 Å². The summed E-state index contributed by atoms with van der Waals surface area (Å²) in [5, 5.41) is 19.9. The molecule has 0 radical (unpaired) electrons. The van der Waals surface area contributed by atoms with Gasteiger partial charge >= 0.3 is 11.4 Å². The second kappa shape index (κ2) is 16.4. The van der Waals surface area contributed by atoms with Gasteiger partial charge in [-0.25, -0.2) is 18.7 Å². The van der Waals surface area contributed by atoms with E-state index in [1.807, 2.05) is 35.0 Å². The highest BCUT2D eigenvalue weighted by atomic mass is 19.1. The number of aromatic amines is 1. The average molecular weight is 922 g/mol. The van der Waals surface area contributed by atoms with Gasteiger partial charge in [-0.1, -0.05) is 25.1 Å². The Morgan fingerprint density at radius 1 is 1.00 bits per heavy atom. The molecule has 17 heteroatoms. The van der Waals surface area contributed by atoms with E-state index in [0.29, 0.717) is 82.0 Å². The Morgan fingerprint density at radius 2 is 1.75 bits per heavy atom. The summed E-state index contributed by atoms with van der Waals surface area (Å²) in [6, 6.07) is 18.5. The molecule has 68 heavy (non-hydrogen) atoms. The first kappa shape index (κ1) is 44.3. The number of aliphatic hydroxyl groups excluding tert-OH is 1. The Labute approximate surface area is 390 Å². The quantitative estimate of drug-likeness (QED) is 0.127. The summed E-state index contributed by atoms with van der Waals surface area (Å²) in [6.07, 6.45) is 6.86. The van der Waals surface area contributed by atoms with Crippen LogP contribution in [0, 0.1) is 32.5 Å². The number of halogens is 1. The second-order valence-corrected chi connectivity index (χ2v) is 18.6. The number of imidazole rings is 1. The number of methoxy groups -OCH3 is 1. The van der Waals surface area contributed by atoms with E-state index in [-0.39, 0.29) is 30.8 Å². The van der Waals surface area contributed by atoms with E-state index < -0.39 is 22.6 Å². The lowest BCUT2D eigenvalue weighted by Crippen LogP contribution is -2.39. The molecule has 1 aliphatic carbocycles. The van der Waals surface area contributed by atoms with Crippen molar-refractivity contribution < 1.29 is 28.3 Å². The smallest absolute Gasteiger partial charge is 0.438 e. The van der Waals surface area contributed by atoms with E-state index in [2.05, 4.69) is 42.0 Å². The fourth-order valence-corrected chi connectivity index (χ4v) is 9.91. The number of hydrogen-bond donors (Lipinski definition) is 2. The number of H-pyrrole nitrogens is 1. The normalized spacial score (nSPS) is 16.9. The largest absolute Gasteiger partial charge is 0.493 e. The average Bonchev–Trinajstić information content (AvgIpc) is 3.81. The molecule has 1 aliphatic heterocycles. The van der Waals surface area contributed by atoms with Gasteiger partial charge < -0.3 is 24.0 Å². The minimum atomic E-state index is -0.882. The third kappa shape index (κ3) is 7.14. The maximum Gasteiger partial charge on any atom is 0.438 e. The Hall–Kier alpha value is -7.53. The Bertz CT molecular complexity index is 3420. The number of rotatable bonds is 12. The van der Waals surface area contributed by atoms with E-state index in [9.17, 15) is 14.7 Å². The maximum atomic E-state index is 15.4. The van der Waals surface area contributed by atoms with E-state index in [0.717, 1.165) is 39.7 Å². The number of benzene rings is 3. The van der Waals surface area contributed by atoms with E-state index in [4.69, 9.17) is 19.1 Å². The first-order chi connectivity index (χ1) is 32.6. The molecule has 350 valence electrons. The SMILES string of the molecule is CCc1nccc(-c2ccc3c(c2)cc(C(=O)N2CCc4nn(-c5cc(C)c(F)c(C)c5)c(-n5ccn(-c6ccc(OC(C)(C)CO)c(OC)c6)c5=O)c4C2)n3[C@@]2(c3noc(=O)[nH]3)C[C@@H]2C)c1C. The van der Waals surface area contributed by atoms with Crippen molar-refractivity contribution in [3.63, 3.8) is 0 Å². The first-order valence-electron chi connectivity index (χ1n) is 22.7. The van der Waals surface area contributed by atoms with Crippen LogP contribution in [0.5, 0.6) is 11.5 Å². The molecule has 0 saturated heterocycles. The minimum Gasteiger partial charge on any atom is -0.493 e. The fourth-order valence-electron chi connectivity index (χ4n) is 9.91. The van der Waals surface area contributed by atoms with Gasteiger partial charge in [0.2, 0.25) is 0 Å². The summed E-state index contributed by atoms with van der Waals surface area (Å²) in [7, 11) is 1.50. The van der Waals surface area contributed by atoms with Crippen molar-refractivity contribution in [3.8, 4) is 39.8 Å². The molecule has 6 heterocycles. The summed E-state index contributed by atoms with van der Waals surface area (Å²) in [5.74, 6) is 0.219. The van der Waals surface area contributed by atoms with Crippen molar-refractivity contribution in [2.75, 3.05) is 20.3 Å². The number of fused-ring (bicyclic) bond motifs is 2. The van der Waals surface area contributed by atoms with Gasteiger partial charge in [0.15, 0.2) is 17.3 Å². The lowest BCUT2D eigenvalue weighted by atomic mass is 9.98. The van der Waals surface area contributed by atoms with Crippen molar-refractivity contribution in [1.29, 1.82) is 0 Å². The number of aliphatic hydroxyl groups is 1. The third-order valence-electron chi connectivity index (χ3n) is 13.7. The molecule has 0 bridgehead atoms. The highest BCUT2D eigenvalue weighted by molar-refractivity contribution is 6.00. The zero-order chi connectivity index (χ0) is 48.0. The van der Waals surface area contributed by atoms with Crippen LogP contribution in [-0.2, 0) is 24.9 Å². The molecule has 2 aliphatic rings. The second-order valence-electron chi connectivity index (χ2n) is 18.6. The minimum absolute atomic E-state index is 0.00737. The van der Waals surface area contributed by atoms with Gasteiger partial charge in [0.25, 0.3) is 5.91 Å². The number of pyridine rings is 1. The predicted octanol–water partition coefficient (Wildman–Crippen LogP) is 7.27. The van der Waals surface area contributed by atoms with Crippen molar-refractivity contribution in [2.24, 2.45) is 5.92 Å². The fraction of sp³-hybridized carbons (Fsp3) is 0.333. The number of aromatic nitrogens is 8. The Morgan fingerprint density at radius 3 is 2.43 bits per heavy atom. The number of hydrogen-bond acceptors (Lipinski definition) is 10. The molecular weight excluding hydrogens is 870 g/mol. The molecule has 2 atom stereocenters. The summed E-state index contributed by atoms with van der Waals surface area (Å²) in [6.45, 7) is 13.3. The van der Waals surface area contributed by atoms with Crippen molar-refractivity contribution in [1.82, 2.24) is 43.5 Å². The molecule has 1 amide bonds. The Balaban J connectivity index is 1.10. The predicted molar refractivity (Wildman–Crippen MR) is 252 cm³/mol. The highest BCUT2D eigenvalue weighted by Gasteiger charge is 2.59. The molecule has 2 N–H and O–H groups in total. The van der Waals surface area contributed by atoms with Crippen LogP contribution in [0.2, 0.25) is 0 Å². The Kier molecular flexibility index (Phi) is 10.7. The molecular formula is C51H52FN9O7. The van der Waals surface area contributed by atoms with Gasteiger partial charge in [0.1, 0.15) is 28.5 Å². The van der Waals surface area contributed by atoms with Gasteiger partial charge in [-0.3, -0.25) is 28.4 Å². The number of ether oxygens (including phenoxy) is 2. The number of nitrogens with zero attached hydrogens (tertiary/aromatic N) is 8.